The van der Waals surface area contributed by atoms with E-state index in [1.54, 1.807) is 12.1 Å². The molecular formula is C19H22FN3O2. The van der Waals surface area contributed by atoms with E-state index in [0.717, 1.165) is 5.56 Å². The van der Waals surface area contributed by atoms with Crippen LogP contribution in [-0.4, -0.2) is 17.9 Å². The lowest BCUT2D eigenvalue weighted by atomic mass is 10.1. The Morgan fingerprint density at radius 2 is 1.72 bits per heavy atom. The van der Waals surface area contributed by atoms with Crippen molar-refractivity contribution in [2.45, 2.75) is 32.4 Å². The van der Waals surface area contributed by atoms with Crippen LogP contribution < -0.4 is 16.4 Å². The zero-order valence-corrected chi connectivity index (χ0v) is 14.1. The second kappa shape index (κ2) is 8.94. The minimum absolute atomic E-state index is 0.00903. The predicted molar refractivity (Wildman–Crippen MR) is 95.5 cm³/mol. The lowest BCUT2D eigenvalue weighted by molar-refractivity contribution is -0.121. The molecule has 0 aliphatic rings. The second-order valence-electron chi connectivity index (χ2n) is 5.95. The molecule has 1 atom stereocenters. The van der Waals surface area contributed by atoms with Gasteiger partial charge in [0.1, 0.15) is 5.82 Å². The maximum absolute atomic E-state index is 12.9. The van der Waals surface area contributed by atoms with Crippen LogP contribution in [0.4, 0.5) is 10.1 Å². The Labute approximate surface area is 146 Å². The SMILES string of the molecule is CC(N)CCC(=O)NCc1ccc(NC(=O)c2ccc(F)cc2)cc1. The molecular weight excluding hydrogens is 321 g/mol. The highest BCUT2D eigenvalue weighted by atomic mass is 19.1. The Balaban J connectivity index is 1.84. The van der Waals surface area contributed by atoms with Gasteiger partial charge in [-0.25, -0.2) is 4.39 Å². The average Bonchev–Trinajstić information content (AvgIpc) is 2.60. The van der Waals surface area contributed by atoms with Gasteiger partial charge in [-0.2, -0.15) is 0 Å². The first-order valence-electron chi connectivity index (χ1n) is 8.12. The Morgan fingerprint density at radius 3 is 2.32 bits per heavy atom. The summed E-state index contributed by atoms with van der Waals surface area (Å²) < 4.78 is 12.9. The number of amides is 2. The summed E-state index contributed by atoms with van der Waals surface area (Å²) in [4.78, 5) is 23.7. The third-order valence-corrected chi connectivity index (χ3v) is 3.63. The molecule has 2 aromatic carbocycles. The lowest BCUT2D eigenvalue weighted by Crippen LogP contribution is -2.25. The van der Waals surface area contributed by atoms with Crippen molar-refractivity contribution in [3.05, 3.63) is 65.5 Å². The third kappa shape index (κ3) is 6.35. The molecule has 6 heteroatoms. The number of benzene rings is 2. The summed E-state index contributed by atoms with van der Waals surface area (Å²) in [6, 6.07) is 12.5. The maximum Gasteiger partial charge on any atom is 0.255 e. The van der Waals surface area contributed by atoms with E-state index >= 15 is 0 Å². The van der Waals surface area contributed by atoms with Crippen LogP contribution >= 0.6 is 0 Å². The number of hydrogen-bond donors (Lipinski definition) is 3. The summed E-state index contributed by atoms with van der Waals surface area (Å²) in [5.41, 5.74) is 7.55. The molecule has 0 aromatic heterocycles. The van der Waals surface area contributed by atoms with Gasteiger partial charge in [0.25, 0.3) is 5.91 Å². The summed E-state index contributed by atoms with van der Waals surface area (Å²) in [5.74, 6) is -0.730. The van der Waals surface area contributed by atoms with Gasteiger partial charge in [0.05, 0.1) is 0 Å². The molecule has 0 saturated carbocycles. The van der Waals surface area contributed by atoms with Gasteiger partial charge in [0.15, 0.2) is 0 Å². The van der Waals surface area contributed by atoms with Crippen molar-refractivity contribution in [2.24, 2.45) is 5.73 Å². The molecule has 5 nitrogen and oxygen atoms in total. The summed E-state index contributed by atoms with van der Waals surface area (Å²) in [6.07, 6.45) is 1.06. The van der Waals surface area contributed by atoms with Crippen molar-refractivity contribution < 1.29 is 14.0 Å². The largest absolute Gasteiger partial charge is 0.352 e. The van der Waals surface area contributed by atoms with Gasteiger partial charge in [0, 0.05) is 30.3 Å². The third-order valence-electron chi connectivity index (χ3n) is 3.63. The van der Waals surface area contributed by atoms with E-state index in [0.29, 0.717) is 30.6 Å². The number of nitrogens with two attached hydrogens (primary N) is 1. The zero-order chi connectivity index (χ0) is 18.2. The molecule has 4 N–H and O–H groups in total. The molecule has 0 spiro atoms. The number of nitrogens with one attached hydrogen (secondary N) is 2. The quantitative estimate of drug-likeness (QED) is 0.723. The Kier molecular flexibility index (Phi) is 6.65. The normalized spacial score (nSPS) is 11.6. The predicted octanol–water partition coefficient (Wildman–Crippen LogP) is 2.82. The summed E-state index contributed by atoms with van der Waals surface area (Å²) >= 11 is 0. The van der Waals surface area contributed by atoms with Crippen molar-refractivity contribution >= 4 is 17.5 Å². The van der Waals surface area contributed by atoms with E-state index in [1.165, 1.54) is 24.3 Å². The zero-order valence-electron chi connectivity index (χ0n) is 14.1. The van der Waals surface area contributed by atoms with Gasteiger partial charge in [-0.15, -0.1) is 0 Å². The van der Waals surface area contributed by atoms with Crippen molar-refractivity contribution in [1.29, 1.82) is 0 Å². The maximum atomic E-state index is 12.9. The molecule has 0 aliphatic heterocycles. The smallest absolute Gasteiger partial charge is 0.255 e. The van der Waals surface area contributed by atoms with E-state index in [1.807, 2.05) is 19.1 Å². The molecule has 0 aliphatic carbocycles. The van der Waals surface area contributed by atoms with Gasteiger partial charge in [-0.1, -0.05) is 12.1 Å². The van der Waals surface area contributed by atoms with Crippen LogP contribution in [0, 0.1) is 5.82 Å². The number of anilines is 1. The lowest BCUT2D eigenvalue weighted by Gasteiger charge is -2.09. The Hall–Kier alpha value is -2.73. The highest BCUT2D eigenvalue weighted by Gasteiger charge is 2.07. The summed E-state index contributed by atoms with van der Waals surface area (Å²) in [5, 5.41) is 5.57. The molecule has 2 amide bonds. The fourth-order valence-corrected chi connectivity index (χ4v) is 2.16. The highest BCUT2D eigenvalue weighted by molar-refractivity contribution is 6.04. The Morgan fingerprint density at radius 1 is 1.08 bits per heavy atom. The van der Waals surface area contributed by atoms with Crippen molar-refractivity contribution in [3.63, 3.8) is 0 Å². The number of rotatable bonds is 7. The van der Waals surface area contributed by atoms with E-state index in [-0.39, 0.29) is 23.7 Å². The first kappa shape index (κ1) is 18.6. The molecule has 1 unspecified atom stereocenters. The van der Waals surface area contributed by atoms with Gasteiger partial charge in [-0.05, 0) is 55.3 Å². The fourth-order valence-electron chi connectivity index (χ4n) is 2.16. The summed E-state index contributed by atoms with van der Waals surface area (Å²) in [6.45, 7) is 2.29. The van der Waals surface area contributed by atoms with Crippen LogP contribution in [0.25, 0.3) is 0 Å². The number of halogens is 1. The van der Waals surface area contributed by atoms with Crippen LogP contribution in [0.3, 0.4) is 0 Å². The van der Waals surface area contributed by atoms with E-state index in [9.17, 15) is 14.0 Å². The molecule has 2 rings (SSSR count). The number of hydrogen-bond acceptors (Lipinski definition) is 3. The average molecular weight is 343 g/mol. The highest BCUT2D eigenvalue weighted by Crippen LogP contribution is 2.12. The fraction of sp³-hybridized carbons (Fsp3) is 0.263. The van der Waals surface area contributed by atoms with E-state index < -0.39 is 0 Å². The van der Waals surface area contributed by atoms with E-state index in [2.05, 4.69) is 10.6 Å². The molecule has 2 aromatic rings. The molecule has 0 fully saturated rings. The van der Waals surface area contributed by atoms with Crippen LogP contribution in [0.15, 0.2) is 48.5 Å². The minimum Gasteiger partial charge on any atom is -0.352 e. The Bertz CT molecular complexity index is 712. The topological polar surface area (TPSA) is 84.2 Å². The number of carbonyl (C=O) groups is 2. The second-order valence-corrected chi connectivity index (χ2v) is 5.95. The molecule has 25 heavy (non-hydrogen) atoms. The van der Waals surface area contributed by atoms with Crippen LogP contribution in [0.5, 0.6) is 0 Å². The van der Waals surface area contributed by atoms with E-state index in [4.69, 9.17) is 5.73 Å². The standard InChI is InChI=1S/C19H22FN3O2/c1-13(21)2-11-18(24)22-12-14-3-9-17(10-4-14)23-19(25)15-5-7-16(20)8-6-15/h3-10,13H,2,11-12,21H2,1H3,(H,22,24)(H,23,25). The van der Waals surface area contributed by atoms with Gasteiger partial charge in [0.2, 0.25) is 5.91 Å². The monoisotopic (exact) mass is 343 g/mol. The van der Waals surface area contributed by atoms with Gasteiger partial charge >= 0.3 is 0 Å². The number of carbonyl (C=O) groups excluding carboxylic acids is 2. The molecule has 0 heterocycles. The van der Waals surface area contributed by atoms with Gasteiger partial charge in [-0.3, -0.25) is 9.59 Å². The molecule has 0 saturated heterocycles. The molecule has 0 bridgehead atoms. The molecule has 0 radical (unpaired) electrons. The van der Waals surface area contributed by atoms with Gasteiger partial charge < -0.3 is 16.4 Å². The first-order valence-corrected chi connectivity index (χ1v) is 8.12. The molecule has 132 valence electrons. The first-order chi connectivity index (χ1) is 11.9. The van der Waals surface area contributed by atoms with Crippen molar-refractivity contribution in [2.75, 3.05) is 5.32 Å². The van der Waals surface area contributed by atoms with Crippen LogP contribution in [0.1, 0.15) is 35.7 Å². The summed E-state index contributed by atoms with van der Waals surface area (Å²) in [7, 11) is 0. The van der Waals surface area contributed by atoms with Crippen LogP contribution in [0.2, 0.25) is 0 Å². The van der Waals surface area contributed by atoms with Crippen molar-refractivity contribution in [1.82, 2.24) is 5.32 Å². The minimum atomic E-state index is -0.385. The van der Waals surface area contributed by atoms with Crippen LogP contribution in [-0.2, 0) is 11.3 Å². The van der Waals surface area contributed by atoms with Crippen molar-refractivity contribution in [3.8, 4) is 0 Å².